The van der Waals surface area contributed by atoms with Crippen LogP contribution in [0, 0.1) is 0 Å². The Labute approximate surface area is 316 Å². The molecule has 0 atom stereocenters. The first-order valence-electron chi connectivity index (χ1n) is 18.8. The summed E-state index contributed by atoms with van der Waals surface area (Å²) in [6.45, 7) is 18.5. The van der Waals surface area contributed by atoms with Gasteiger partial charge in [-0.3, -0.25) is 4.57 Å². The van der Waals surface area contributed by atoms with E-state index < -0.39 is 0 Å². The fraction of sp³-hybridized carbons (Fsp3) is 0.229. The molecule has 4 heterocycles. The van der Waals surface area contributed by atoms with Gasteiger partial charge in [0.1, 0.15) is 22.9 Å². The number of anilines is 2. The lowest BCUT2D eigenvalue weighted by Crippen LogP contribution is -2.27. The third-order valence-electron chi connectivity index (χ3n) is 11.1. The van der Waals surface area contributed by atoms with Crippen LogP contribution in [0.1, 0.15) is 66.5 Å². The van der Waals surface area contributed by atoms with Gasteiger partial charge in [-0.1, -0.05) is 90.1 Å². The van der Waals surface area contributed by atoms with Gasteiger partial charge >= 0.3 is 0 Å². The number of furan rings is 1. The Morgan fingerprint density at radius 1 is 0.593 bits per heavy atom. The molecule has 5 aromatic carbocycles. The number of nitrogens with zero attached hydrogens (tertiary/aromatic N) is 4. The summed E-state index contributed by atoms with van der Waals surface area (Å²) >= 11 is 0. The number of benzene rings is 5. The molecule has 6 nitrogen and oxygen atoms in total. The molecule has 0 amide bonds. The molecule has 1 aliphatic heterocycles. The fourth-order valence-electron chi connectivity index (χ4n) is 7.86. The van der Waals surface area contributed by atoms with Crippen LogP contribution < -0.4 is 14.5 Å². The van der Waals surface area contributed by atoms with Gasteiger partial charge in [0.05, 0.1) is 23.4 Å². The highest BCUT2D eigenvalue weighted by Crippen LogP contribution is 2.43. The third-order valence-corrected chi connectivity index (χ3v) is 11.1. The number of hydrogen-bond acceptors (Lipinski definition) is 5. The summed E-state index contributed by atoms with van der Waals surface area (Å²) in [6, 6.07) is 40.7. The van der Waals surface area contributed by atoms with Crippen LogP contribution >= 0.6 is 0 Å². The van der Waals surface area contributed by atoms with E-state index in [0.29, 0.717) is 6.67 Å². The van der Waals surface area contributed by atoms with Gasteiger partial charge in [-0.15, -0.1) is 0 Å². The molecular weight excluding hydrogens is 665 g/mol. The second-order valence-electron chi connectivity index (χ2n) is 16.7. The Kier molecular flexibility index (Phi) is 7.68. The topological polar surface area (TPSA) is 46.7 Å². The van der Waals surface area contributed by atoms with Crippen molar-refractivity contribution < 1.29 is 9.15 Å². The number of ether oxygens (including phenoxy) is 1. The number of fused-ring (bicyclic) bond motifs is 6. The molecule has 0 saturated heterocycles. The van der Waals surface area contributed by atoms with E-state index in [2.05, 4.69) is 173 Å². The zero-order chi connectivity index (χ0) is 37.5. The number of allylic oxidation sites excluding steroid dienone is 2. The number of rotatable bonds is 5. The van der Waals surface area contributed by atoms with E-state index in [4.69, 9.17) is 14.1 Å². The molecule has 0 fully saturated rings. The van der Waals surface area contributed by atoms with Crippen LogP contribution in [-0.2, 0) is 10.8 Å². The Morgan fingerprint density at radius 2 is 1.30 bits per heavy atom. The normalized spacial score (nSPS) is 14.1. The van der Waals surface area contributed by atoms with Crippen molar-refractivity contribution in [1.29, 1.82) is 0 Å². The van der Waals surface area contributed by atoms with Crippen molar-refractivity contribution in [2.45, 2.75) is 66.2 Å². The van der Waals surface area contributed by atoms with E-state index in [-0.39, 0.29) is 10.8 Å². The number of aromatic nitrogens is 2. The quantitative estimate of drug-likeness (QED) is 0.178. The Morgan fingerprint density at radius 3 is 2.09 bits per heavy atom. The van der Waals surface area contributed by atoms with Gasteiger partial charge in [-0.25, -0.2) is 4.98 Å². The average molecular weight is 711 g/mol. The van der Waals surface area contributed by atoms with Crippen LogP contribution in [0.4, 0.5) is 11.4 Å². The molecule has 1 aliphatic rings. The molecule has 0 radical (unpaired) electrons. The molecule has 270 valence electrons. The zero-order valence-corrected chi connectivity index (χ0v) is 32.4. The predicted octanol–water partition coefficient (Wildman–Crippen LogP) is 13.0. The highest BCUT2D eigenvalue weighted by atomic mass is 16.5. The molecule has 54 heavy (non-hydrogen) atoms. The van der Waals surface area contributed by atoms with E-state index in [9.17, 15) is 0 Å². The largest absolute Gasteiger partial charge is 0.457 e. The second kappa shape index (κ2) is 12.3. The molecule has 6 heteroatoms. The Hall–Kier alpha value is -6.01. The van der Waals surface area contributed by atoms with Crippen molar-refractivity contribution >= 4 is 55.1 Å². The molecule has 0 aliphatic carbocycles. The molecular formula is C48H46N4O2. The maximum absolute atomic E-state index is 6.85. The maximum atomic E-state index is 6.85. The summed E-state index contributed by atoms with van der Waals surface area (Å²) in [6.07, 6.45) is 1.92. The summed E-state index contributed by atoms with van der Waals surface area (Å²) < 4.78 is 15.6. The van der Waals surface area contributed by atoms with Crippen LogP contribution in [0.15, 0.2) is 137 Å². The first-order valence-corrected chi connectivity index (χ1v) is 18.8. The first-order chi connectivity index (χ1) is 25.8. The smallest absolute Gasteiger partial charge is 0.159 e. The van der Waals surface area contributed by atoms with Gasteiger partial charge < -0.3 is 19.0 Å². The minimum atomic E-state index is -0.0970. The standard InChI is InChI=1S/C48H46N4O2/c1-30-31(2)51(42-18-13-16-40-39-15-10-12-19-44(39)54-46(40)42)29-50(30)34-24-33(48(6,7)8)25-36(27-34)53-35-20-21-38-37-14-9-11-17-41(37)52(43(38)28-35)45-26-32(22-23-49-45)47(3,4)5/h9-28H,29H2,1-8H3. The molecule has 0 spiro atoms. The van der Waals surface area contributed by atoms with Crippen LogP contribution in [0.25, 0.3) is 49.6 Å². The zero-order valence-electron chi connectivity index (χ0n) is 32.4. The van der Waals surface area contributed by atoms with Gasteiger partial charge in [-0.2, -0.15) is 0 Å². The molecule has 0 bridgehead atoms. The maximum Gasteiger partial charge on any atom is 0.159 e. The predicted molar refractivity (Wildman–Crippen MR) is 224 cm³/mol. The highest BCUT2D eigenvalue weighted by molar-refractivity contribution is 6.10. The Bertz CT molecular complexity index is 2790. The lowest BCUT2D eigenvalue weighted by atomic mass is 9.86. The minimum absolute atomic E-state index is 0.000283. The van der Waals surface area contributed by atoms with Crippen molar-refractivity contribution in [2.75, 3.05) is 16.5 Å². The van der Waals surface area contributed by atoms with E-state index in [0.717, 1.165) is 67.0 Å². The fourth-order valence-corrected chi connectivity index (χ4v) is 7.86. The first kappa shape index (κ1) is 33.8. The molecule has 3 aromatic heterocycles. The molecule has 8 aromatic rings. The van der Waals surface area contributed by atoms with E-state index >= 15 is 0 Å². The number of para-hydroxylation sites is 3. The van der Waals surface area contributed by atoms with Crippen molar-refractivity contribution in [3.05, 3.63) is 144 Å². The summed E-state index contributed by atoms with van der Waals surface area (Å²) in [7, 11) is 0. The van der Waals surface area contributed by atoms with Crippen LogP contribution in [0.5, 0.6) is 11.5 Å². The van der Waals surface area contributed by atoms with Gasteiger partial charge in [0, 0.05) is 57.0 Å². The van der Waals surface area contributed by atoms with Gasteiger partial charge in [0.15, 0.2) is 5.58 Å². The van der Waals surface area contributed by atoms with Crippen molar-refractivity contribution in [3.8, 4) is 17.3 Å². The molecule has 0 unspecified atom stereocenters. The Balaban J connectivity index is 1.11. The van der Waals surface area contributed by atoms with Crippen LogP contribution in [-0.4, -0.2) is 16.2 Å². The average Bonchev–Trinajstić information content (AvgIpc) is 3.79. The summed E-state index contributed by atoms with van der Waals surface area (Å²) in [5, 5.41) is 4.62. The van der Waals surface area contributed by atoms with Gasteiger partial charge in [0.2, 0.25) is 0 Å². The van der Waals surface area contributed by atoms with Crippen molar-refractivity contribution in [1.82, 2.24) is 9.55 Å². The van der Waals surface area contributed by atoms with Gasteiger partial charge in [0.25, 0.3) is 0 Å². The van der Waals surface area contributed by atoms with E-state index in [1.54, 1.807) is 0 Å². The molecule has 0 saturated carbocycles. The lowest BCUT2D eigenvalue weighted by molar-refractivity contribution is 0.479. The third kappa shape index (κ3) is 5.59. The molecule has 0 N–H and O–H groups in total. The summed E-state index contributed by atoms with van der Waals surface area (Å²) in [5.41, 5.74) is 10.9. The highest BCUT2D eigenvalue weighted by Gasteiger charge is 2.30. The lowest BCUT2D eigenvalue weighted by Gasteiger charge is -2.27. The van der Waals surface area contributed by atoms with Crippen LogP contribution in [0.2, 0.25) is 0 Å². The number of hydrogen-bond donors (Lipinski definition) is 0. The van der Waals surface area contributed by atoms with Crippen LogP contribution in [0.3, 0.4) is 0 Å². The van der Waals surface area contributed by atoms with Crippen molar-refractivity contribution in [3.63, 3.8) is 0 Å². The second-order valence-corrected chi connectivity index (χ2v) is 16.7. The SMILES string of the molecule is CC1=C(C)N(c2cccc3c2oc2ccccc23)CN1c1cc(Oc2ccc3c4ccccc4n(-c4cc(C(C)(C)C)ccn4)c3c2)cc(C(C)(C)C)c1. The van der Waals surface area contributed by atoms with Crippen molar-refractivity contribution in [2.24, 2.45) is 0 Å². The summed E-state index contributed by atoms with van der Waals surface area (Å²) in [4.78, 5) is 9.62. The summed E-state index contributed by atoms with van der Waals surface area (Å²) in [5.74, 6) is 2.48. The molecule has 9 rings (SSSR count). The van der Waals surface area contributed by atoms with E-state index in [1.807, 2.05) is 18.3 Å². The van der Waals surface area contributed by atoms with Gasteiger partial charge in [-0.05, 0) is 90.4 Å². The minimum Gasteiger partial charge on any atom is -0.457 e. The number of pyridine rings is 1. The monoisotopic (exact) mass is 710 g/mol. The van der Waals surface area contributed by atoms with E-state index in [1.165, 1.54) is 27.9 Å².